The van der Waals surface area contributed by atoms with E-state index in [4.69, 9.17) is 0 Å². The van der Waals surface area contributed by atoms with Gasteiger partial charge in [0.15, 0.2) is 11.5 Å². The van der Waals surface area contributed by atoms with Gasteiger partial charge in [-0.3, -0.25) is 4.40 Å². The first-order chi connectivity index (χ1) is 7.68. The van der Waals surface area contributed by atoms with Crippen molar-refractivity contribution >= 4 is 5.65 Å². The van der Waals surface area contributed by atoms with E-state index in [-0.39, 0.29) is 0 Å². The van der Waals surface area contributed by atoms with Crippen LogP contribution in [0, 0.1) is 5.92 Å². The Balaban J connectivity index is 2.10. The van der Waals surface area contributed by atoms with Crippen molar-refractivity contribution in [2.24, 2.45) is 5.92 Å². The predicted molar refractivity (Wildman–Crippen MR) is 64.1 cm³/mol. The van der Waals surface area contributed by atoms with Gasteiger partial charge in [0.25, 0.3) is 0 Å². The van der Waals surface area contributed by atoms with E-state index in [2.05, 4.69) is 36.3 Å². The lowest BCUT2D eigenvalue weighted by Crippen LogP contribution is -2.30. The average molecular weight is 218 g/mol. The molecule has 0 aromatic carbocycles. The lowest BCUT2D eigenvalue weighted by atomic mass is 10.1. The molecule has 0 bridgehead atoms. The van der Waals surface area contributed by atoms with Crippen molar-refractivity contribution in [3.8, 4) is 0 Å². The highest BCUT2D eigenvalue weighted by atomic mass is 15.3. The Morgan fingerprint density at radius 2 is 2.06 bits per heavy atom. The van der Waals surface area contributed by atoms with Crippen molar-refractivity contribution in [2.45, 2.75) is 33.4 Å². The second kappa shape index (κ2) is 4.61. The third-order valence-electron chi connectivity index (χ3n) is 2.97. The van der Waals surface area contributed by atoms with E-state index in [9.17, 15) is 0 Å². The molecule has 0 aliphatic rings. The summed E-state index contributed by atoms with van der Waals surface area (Å²) in [7, 11) is 0. The molecule has 0 radical (unpaired) electrons. The molecule has 1 N–H and O–H groups in total. The van der Waals surface area contributed by atoms with Crippen LogP contribution in [0.5, 0.6) is 0 Å². The van der Waals surface area contributed by atoms with E-state index >= 15 is 0 Å². The van der Waals surface area contributed by atoms with Crippen LogP contribution in [0.15, 0.2) is 24.4 Å². The first kappa shape index (κ1) is 11.1. The zero-order valence-electron chi connectivity index (χ0n) is 10.0. The van der Waals surface area contributed by atoms with E-state index in [0.717, 1.165) is 18.0 Å². The second-order valence-corrected chi connectivity index (χ2v) is 4.46. The summed E-state index contributed by atoms with van der Waals surface area (Å²) in [5.41, 5.74) is 0.900. The van der Waals surface area contributed by atoms with Gasteiger partial charge >= 0.3 is 0 Å². The number of nitrogens with one attached hydrogen (secondary N) is 1. The maximum absolute atomic E-state index is 4.18. The Labute approximate surface area is 95.7 Å². The summed E-state index contributed by atoms with van der Waals surface area (Å²) >= 11 is 0. The molecule has 0 saturated carbocycles. The Bertz CT molecular complexity index is 461. The van der Waals surface area contributed by atoms with E-state index in [1.54, 1.807) is 0 Å². The lowest BCUT2D eigenvalue weighted by Gasteiger charge is -2.16. The van der Waals surface area contributed by atoms with Gasteiger partial charge < -0.3 is 5.32 Å². The van der Waals surface area contributed by atoms with E-state index < -0.39 is 0 Å². The van der Waals surface area contributed by atoms with Crippen LogP contribution in [0.2, 0.25) is 0 Å². The minimum atomic E-state index is 0.482. The number of hydrogen-bond donors (Lipinski definition) is 1. The first-order valence-corrected chi connectivity index (χ1v) is 5.70. The van der Waals surface area contributed by atoms with E-state index in [1.807, 2.05) is 28.8 Å². The van der Waals surface area contributed by atoms with Gasteiger partial charge in [0.1, 0.15) is 0 Å². The maximum Gasteiger partial charge on any atom is 0.160 e. The van der Waals surface area contributed by atoms with Gasteiger partial charge in [-0.05, 0) is 25.0 Å². The van der Waals surface area contributed by atoms with Gasteiger partial charge in [0, 0.05) is 12.2 Å². The SMILES string of the molecule is CC(C)C(C)NCc1nnc2ccccn12. The van der Waals surface area contributed by atoms with Gasteiger partial charge in [0.2, 0.25) is 0 Å². The number of hydrogen-bond acceptors (Lipinski definition) is 3. The third-order valence-corrected chi connectivity index (χ3v) is 2.97. The van der Waals surface area contributed by atoms with Gasteiger partial charge in [0.05, 0.1) is 6.54 Å². The Morgan fingerprint density at radius 1 is 1.25 bits per heavy atom. The standard InChI is InChI=1S/C12H18N4/c1-9(2)10(3)13-8-12-15-14-11-6-4-5-7-16(11)12/h4-7,9-10,13H,8H2,1-3H3. The Morgan fingerprint density at radius 3 is 2.81 bits per heavy atom. The normalized spacial score (nSPS) is 13.5. The molecule has 0 aliphatic carbocycles. The summed E-state index contributed by atoms with van der Waals surface area (Å²) in [4.78, 5) is 0. The van der Waals surface area contributed by atoms with E-state index in [1.165, 1.54) is 0 Å². The highest BCUT2D eigenvalue weighted by Gasteiger charge is 2.08. The minimum Gasteiger partial charge on any atom is -0.307 e. The molecule has 0 aliphatic heterocycles. The zero-order chi connectivity index (χ0) is 11.5. The largest absolute Gasteiger partial charge is 0.307 e. The molecule has 2 aromatic heterocycles. The monoisotopic (exact) mass is 218 g/mol. The number of pyridine rings is 1. The number of rotatable bonds is 4. The van der Waals surface area contributed by atoms with Crippen molar-refractivity contribution in [3.63, 3.8) is 0 Å². The maximum atomic E-state index is 4.18. The molecular formula is C12H18N4. The van der Waals surface area contributed by atoms with Crippen LogP contribution < -0.4 is 5.32 Å². The molecule has 2 rings (SSSR count). The second-order valence-electron chi connectivity index (χ2n) is 4.46. The van der Waals surface area contributed by atoms with Crippen LogP contribution in [0.25, 0.3) is 5.65 Å². The predicted octanol–water partition coefficient (Wildman–Crippen LogP) is 1.86. The topological polar surface area (TPSA) is 42.2 Å². The molecule has 1 unspecified atom stereocenters. The average Bonchev–Trinajstić information content (AvgIpc) is 2.69. The molecular weight excluding hydrogens is 200 g/mol. The fraction of sp³-hybridized carbons (Fsp3) is 0.500. The Hall–Kier alpha value is -1.42. The Kier molecular flexibility index (Phi) is 3.19. The van der Waals surface area contributed by atoms with Gasteiger partial charge in [-0.1, -0.05) is 19.9 Å². The highest BCUT2D eigenvalue weighted by molar-refractivity contribution is 5.36. The van der Waals surface area contributed by atoms with Gasteiger partial charge in [-0.15, -0.1) is 10.2 Å². The number of aromatic nitrogens is 3. The van der Waals surface area contributed by atoms with Crippen LogP contribution in [0.1, 0.15) is 26.6 Å². The molecule has 0 spiro atoms. The number of nitrogens with zero attached hydrogens (tertiary/aromatic N) is 3. The minimum absolute atomic E-state index is 0.482. The molecule has 4 heteroatoms. The summed E-state index contributed by atoms with van der Waals surface area (Å²) < 4.78 is 2.01. The van der Waals surface area contributed by atoms with Crippen LogP contribution in [0.3, 0.4) is 0 Å². The lowest BCUT2D eigenvalue weighted by molar-refractivity contribution is 0.420. The number of fused-ring (bicyclic) bond motifs is 1. The summed E-state index contributed by atoms with van der Waals surface area (Å²) in [6.07, 6.45) is 1.99. The highest BCUT2D eigenvalue weighted by Crippen LogP contribution is 2.04. The van der Waals surface area contributed by atoms with Gasteiger partial charge in [-0.25, -0.2) is 0 Å². The zero-order valence-corrected chi connectivity index (χ0v) is 10.0. The molecule has 0 saturated heterocycles. The molecule has 4 nitrogen and oxygen atoms in total. The fourth-order valence-electron chi connectivity index (χ4n) is 1.50. The molecule has 16 heavy (non-hydrogen) atoms. The third kappa shape index (κ3) is 2.22. The van der Waals surface area contributed by atoms with Crippen molar-refractivity contribution in [1.82, 2.24) is 19.9 Å². The summed E-state index contributed by atoms with van der Waals surface area (Å²) in [6.45, 7) is 7.36. The van der Waals surface area contributed by atoms with Crippen molar-refractivity contribution in [3.05, 3.63) is 30.2 Å². The van der Waals surface area contributed by atoms with Crippen LogP contribution >= 0.6 is 0 Å². The van der Waals surface area contributed by atoms with Gasteiger partial charge in [-0.2, -0.15) is 0 Å². The molecule has 86 valence electrons. The van der Waals surface area contributed by atoms with Crippen molar-refractivity contribution in [2.75, 3.05) is 0 Å². The quantitative estimate of drug-likeness (QED) is 0.851. The molecule has 1 atom stereocenters. The summed E-state index contributed by atoms with van der Waals surface area (Å²) in [5, 5.41) is 11.7. The van der Waals surface area contributed by atoms with Crippen LogP contribution in [-0.2, 0) is 6.54 Å². The van der Waals surface area contributed by atoms with Crippen molar-refractivity contribution < 1.29 is 0 Å². The molecule has 2 aromatic rings. The van der Waals surface area contributed by atoms with Crippen LogP contribution in [-0.4, -0.2) is 20.6 Å². The fourth-order valence-corrected chi connectivity index (χ4v) is 1.50. The summed E-state index contributed by atoms with van der Waals surface area (Å²) in [6, 6.07) is 6.41. The smallest absolute Gasteiger partial charge is 0.160 e. The first-order valence-electron chi connectivity index (χ1n) is 5.70. The van der Waals surface area contributed by atoms with E-state index in [0.29, 0.717) is 12.0 Å². The molecule has 0 fully saturated rings. The summed E-state index contributed by atoms with van der Waals surface area (Å²) in [5.74, 6) is 1.59. The molecule has 2 heterocycles. The van der Waals surface area contributed by atoms with Crippen molar-refractivity contribution in [1.29, 1.82) is 0 Å². The molecule has 0 amide bonds. The van der Waals surface area contributed by atoms with Crippen LogP contribution in [0.4, 0.5) is 0 Å².